The molecule has 13 heteroatoms. The lowest BCUT2D eigenvalue weighted by Gasteiger charge is -2.25. The van der Waals surface area contributed by atoms with E-state index in [1.807, 2.05) is 0 Å². The molecule has 2 amide bonds. The van der Waals surface area contributed by atoms with Gasteiger partial charge in [0.2, 0.25) is 5.91 Å². The minimum absolute atomic E-state index is 0.00594. The predicted molar refractivity (Wildman–Crippen MR) is 155 cm³/mol. The average Bonchev–Trinajstić information content (AvgIpc) is 3.36. The van der Waals surface area contributed by atoms with Gasteiger partial charge in [-0.1, -0.05) is 18.5 Å². The molecule has 0 bridgehead atoms. The summed E-state index contributed by atoms with van der Waals surface area (Å²) in [5.41, 5.74) is 5.28. The van der Waals surface area contributed by atoms with E-state index in [1.165, 1.54) is 31.4 Å². The molecule has 2 aromatic heterocycles. The SMILES string of the molecule is CC[C@@]1(C(N)=O)COc2c1cc(C(CNC(=O)c1cc(OC)c3nc(C)c(Cl)cc3c1)C(F)(F)F)nc2-c1ccc(F)cc1. The van der Waals surface area contributed by atoms with Crippen LogP contribution in [0.5, 0.6) is 11.5 Å². The lowest BCUT2D eigenvalue weighted by molar-refractivity contribution is -0.149. The molecule has 8 nitrogen and oxygen atoms in total. The number of nitrogens with one attached hydrogen (secondary N) is 1. The number of methoxy groups -OCH3 is 1. The fourth-order valence-electron chi connectivity index (χ4n) is 5.27. The Morgan fingerprint density at radius 3 is 2.48 bits per heavy atom. The molecule has 0 saturated heterocycles. The first-order valence-corrected chi connectivity index (χ1v) is 13.9. The van der Waals surface area contributed by atoms with Gasteiger partial charge in [0, 0.05) is 28.6 Å². The number of alkyl halides is 3. The average molecular weight is 631 g/mol. The van der Waals surface area contributed by atoms with Crippen molar-refractivity contribution in [3.05, 3.63) is 81.9 Å². The van der Waals surface area contributed by atoms with Crippen LogP contribution in [-0.4, -0.2) is 48.2 Å². The number of primary amides is 1. The van der Waals surface area contributed by atoms with Gasteiger partial charge in [-0.15, -0.1) is 0 Å². The van der Waals surface area contributed by atoms with Crippen molar-refractivity contribution >= 4 is 34.3 Å². The second-order valence-corrected chi connectivity index (χ2v) is 10.9. The van der Waals surface area contributed by atoms with Gasteiger partial charge >= 0.3 is 6.18 Å². The zero-order valence-corrected chi connectivity index (χ0v) is 24.6. The molecule has 3 N–H and O–H groups in total. The molecule has 3 heterocycles. The Morgan fingerprint density at radius 2 is 1.86 bits per heavy atom. The minimum atomic E-state index is -4.87. The number of carbonyl (C=O) groups is 2. The number of aryl methyl sites for hydroxylation is 1. The number of nitrogens with zero attached hydrogens (tertiary/aromatic N) is 2. The Hall–Kier alpha value is -4.45. The zero-order chi connectivity index (χ0) is 32.0. The first-order chi connectivity index (χ1) is 20.8. The number of hydrogen-bond acceptors (Lipinski definition) is 6. The third kappa shape index (κ3) is 5.49. The summed E-state index contributed by atoms with van der Waals surface area (Å²) < 4.78 is 68.8. The van der Waals surface area contributed by atoms with E-state index >= 15 is 0 Å². The van der Waals surface area contributed by atoms with Crippen molar-refractivity contribution in [1.82, 2.24) is 15.3 Å². The summed E-state index contributed by atoms with van der Waals surface area (Å²) in [5.74, 6) is -4.09. The molecule has 44 heavy (non-hydrogen) atoms. The highest BCUT2D eigenvalue weighted by molar-refractivity contribution is 6.31. The fraction of sp³-hybridized carbons (Fsp3) is 0.290. The summed E-state index contributed by atoms with van der Waals surface area (Å²) in [6.45, 7) is 2.29. The van der Waals surface area contributed by atoms with Crippen LogP contribution < -0.4 is 20.5 Å². The second kappa shape index (κ2) is 11.6. The molecule has 0 aliphatic carbocycles. The molecule has 1 aliphatic heterocycles. The lowest BCUT2D eigenvalue weighted by atomic mass is 9.78. The van der Waals surface area contributed by atoms with Gasteiger partial charge in [0.1, 0.15) is 46.5 Å². The number of carbonyl (C=O) groups excluding carboxylic acids is 2. The number of fused-ring (bicyclic) bond motifs is 2. The summed E-state index contributed by atoms with van der Waals surface area (Å²) in [6, 6.07) is 10.5. The summed E-state index contributed by atoms with van der Waals surface area (Å²) in [7, 11) is 1.38. The van der Waals surface area contributed by atoms with E-state index in [1.54, 1.807) is 19.9 Å². The number of aromatic nitrogens is 2. The van der Waals surface area contributed by atoms with E-state index in [9.17, 15) is 27.2 Å². The van der Waals surface area contributed by atoms with Crippen LogP contribution in [0.1, 0.15) is 46.6 Å². The molecular weight excluding hydrogens is 604 g/mol. The van der Waals surface area contributed by atoms with Crippen LogP contribution in [0.4, 0.5) is 17.6 Å². The molecule has 4 aromatic rings. The second-order valence-electron chi connectivity index (χ2n) is 10.5. The predicted octanol–water partition coefficient (Wildman–Crippen LogP) is 6.01. The molecule has 1 unspecified atom stereocenters. The standard InChI is InChI=1S/C31H27ClF4N4O4/c1-4-30(29(37)42)14-44-27-20(30)12-23(40-26(27)16-5-7-19(33)8-6-16)21(31(34,35)36)13-38-28(41)18-9-17-10-22(32)15(2)39-25(17)24(11-18)43-3/h5-12,21H,4,13-14H2,1-3H3,(H2,37,42)(H,38,41)/t21?,30-/m1/s1. The highest BCUT2D eigenvalue weighted by Crippen LogP contribution is 2.48. The highest BCUT2D eigenvalue weighted by Gasteiger charge is 2.49. The van der Waals surface area contributed by atoms with E-state index in [4.69, 9.17) is 26.8 Å². The van der Waals surface area contributed by atoms with E-state index in [0.29, 0.717) is 21.6 Å². The molecule has 0 radical (unpaired) electrons. The van der Waals surface area contributed by atoms with Crippen molar-refractivity contribution in [1.29, 1.82) is 0 Å². The van der Waals surface area contributed by atoms with Crippen LogP contribution in [0.3, 0.4) is 0 Å². The van der Waals surface area contributed by atoms with Gasteiger partial charge in [0.15, 0.2) is 0 Å². The molecule has 0 fully saturated rings. The van der Waals surface area contributed by atoms with E-state index in [-0.39, 0.29) is 46.9 Å². The molecule has 2 atom stereocenters. The number of halogens is 5. The van der Waals surface area contributed by atoms with Crippen LogP contribution in [0.15, 0.2) is 48.5 Å². The maximum absolute atomic E-state index is 14.6. The number of hydrogen-bond donors (Lipinski definition) is 2. The topological polar surface area (TPSA) is 116 Å². The van der Waals surface area contributed by atoms with Gasteiger partial charge < -0.3 is 20.5 Å². The van der Waals surface area contributed by atoms with E-state index in [0.717, 1.165) is 18.2 Å². The molecular formula is C31H27ClF4N4O4. The zero-order valence-electron chi connectivity index (χ0n) is 23.8. The van der Waals surface area contributed by atoms with Crippen molar-refractivity contribution in [2.45, 2.75) is 37.8 Å². The van der Waals surface area contributed by atoms with Crippen molar-refractivity contribution in [3.63, 3.8) is 0 Å². The Labute approximate surface area is 254 Å². The van der Waals surface area contributed by atoms with Crippen LogP contribution in [-0.2, 0) is 10.2 Å². The fourth-order valence-corrected chi connectivity index (χ4v) is 5.43. The Morgan fingerprint density at radius 1 is 1.16 bits per heavy atom. The Kier molecular flexibility index (Phi) is 8.15. The summed E-state index contributed by atoms with van der Waals surface area (Å²) in [5, 5.41) is 3.16. The maximum Gasteiger partial charge on any atom is 0.398 e. The molecule has 0 spiro atoms. The van der Waals surface area contributed by atoms with Crippen molar-refractivity contribution < 1.29 is 36.6 Å². The van der Waals surface area contributed by atoms with Gasteiger partial charge in [-0.3, -0.25) is 9.59 Å². The third-order valence-corrected chi connectivity index (χ3v) is 8.26. The number of amides is 2. The number of rotatable bonds is 8. The molecule has 5 rings (SSSR count). The Bertz CT molecular complexity index is 1780. The third-order valence-electron chi connectivity index (χ3n) is 7.88. The van der Waals surface area contributed by atoms with Gasteiger partial charge in [-0.25, -0.2) is 14.4 Å². The molecule has 1 aliphatic rings. The van der Waals surface area contributed by atoms with Gasteiger partial charge in [0.25, 0.3) is 5.91 Å². The summed E-state index contributed by atoms with van der Waals surface area (Å²) >= 11 is 6.20. The number of benzene rings is 2. The van der Waals surface area contributed by atoms with Crippen molar-refractivity contribution in [2.75, 3.05) is 20.3 Å². The molecule has 2 aromatic carbocycles. The monoisotopic (exact) mass is 630 g/mol. The van der Waals surface area contributed by atoms with Crippen LogP contribution in [0, 0.1) is 12.7 Å². The van der Waals surface area contributed by atoms with Gasteiger partial charge in [-0.2, -0.15) is 13.2 Å². The normalized spacial score (nSPS) is 16.7. The van der Waals surface area contributed by atoms with Crippen LogP contribution in [0.25, 0.3) is 22.2 Å². The molecule has 0 saturated carbocycles. The highest BCUT2D eigenvalue weighted by atomic mass is 35.5. The largest absolute Gasteiger partial charge is 0.494 e. The number of pyridine rings is 2. The van der Waals surface area contributed by atoms with E-state index < -0.39 is 47.4 Å². The smallest absolute Gasteiger partial charge is 0.398 e. The van der Waals surface area contributed by atoms with Gasteiger partial charge in [0.05, 0.1) is 23.5 Å². The first-order valence-electron chi connectivity index (χ1n) is 13.5. The van der Waals surface area contributed by atoms with Crippen molar-refractivity contribution in [3.8, 4) is 22.8 Å². The number of nitrogens with two attached hydrogens (primary N) is 1. The van der Waals surface area contributed by atoms with Gasteiger partial charge in [-0.05, 0) is 61.9 Å². The van der Waals surface area contributed by atoms with Crippen molar-refractivity contribution in [2.24, 2.45) is 5.73 Å². The first kappa shape index (κ1) is 31.0. The van der Waals surface area contributed by atoms with Crippen LogP contribution in [0.2, 0.25) is 5.02 Å². The maximum atomic E-state index is 14.6. The van der Waals surface area contributed by atoms with Crippen LogP contribution >= 0.6 is 11.6 Å². The summed E-state index contributed by atoms with van der Waals surface area (Å²) in [4.78, 5) is 34.5. The summed E-state index contributed by atoms with van der Waals surface area (Å²) in [6.07, 6.45) is -4.72. The number of ether oxygens (including phenoxy) is 2. The lowest BCUT2D eigenvalue weighted by Crippen LogP contribution is -2.42. The quantitative estimate of drug-likeness (QED) is 0.231. The van der Waals surface area contributed by atoms with E-state index in [2.05, 4.69) is 15.3 Å². The minimum Gasteiger partial charge on any atom is -0.494 e. The Balaban J connectivity index is 1.56. The molecule has 230 valence electrons.